The van der Waals surface area contributed by atoms with Crippen LogP contribution in [0.25, 0.3) is 0 Å². The van der Waals surface area contributed by atoms with E-state index < -0.39 is 0 Å². The van der Waals surface area contributed by atoms with E-state index in [2.05, 4.69) is 0 Å². The average Bonchev–Trinajstić information content (AvgIpc) is 2.19. The molecule has 0 aliphatic rings. The molecule has 0 fully saturated rings. The summed E-state index contributed by atoms with van der Waals surface area (Å²) in [4.78, 5) is 11.3. The summed E-state index contributed by atoms with van der Waals surface area (Å²) in [5, 5.41) is 0. The van der Waals surface area contributed by atoms with Crippen molar-refractivity contribution in [2.45, 2.75) is 4.90 Å². The van der Waals surface area contributed by atoms with Gasteiger partial charge < -0.3 is 4.74 Å². The molecule has 13 heavy (non-hydrogen) atoms. The second-order valence-electron chi connectivity index (χ2n) is 2.42. The summed E-state index contributed by atoms with van der Waals surface area (Å²) in [6, 6.07) is 7.54. The molecule has 0 N–H and O–H groups in total. The predicted molar refractivity (Wildman–Crippen MR) is 52.7 cm³/mol. The third-order valence-electron chi connectivity index (χ3n) is 1.46. The second-order valence-corrected chi connectivity index (χ2v) is 3.65. The number of rotatable bonds is 4. The molecule has 0 aliphatic heterocycles. The number of carbonyl (C=O) groups is 1. The van der Waals surface area contributed by atoms with E-state index in [4.69, 9.17) is 4.74 Å². The zero-order valence-electron chi connectivity index (χ0n) is 7.56. The van der Waals surface area contributed by atoms with Crippen LogP contribution in [0.15, 0.2) is 29.2 Å². The maximum Gasteiger partial charge on any atom is 0.219 e. The van der Waals surface area contributed by atoms with Gasteiger partial charge in [0.2, 0.25) is 6.41 Å². The summed E-state index contributed by atoms with van der Waals surface area (Å²) in [5.41, 5.74) is 0. The summed E-state index contributed by atoms with van der Waals surface area (Å²) in [5.74, 6) is 0.818. The lowest BCUT2D eigenvalue weighted by atomic mass is 10.3. The quantitative estimate of drug-likeness (QED) is 0.544. The van der Waals surface area contributed by atoms with E-state index in [0.29, 0.717) is 0 Å². The fraction of sp³-hybridized carbons (Fsp3) is 0.222. The highest BCUT2D eigenvalue weighted by molar-refractivity contribution is 7.97. The minimum Gasteiger partial charge on any atom is -0.497 e. The third-order valence-corrected chi connectivity index (χ3v) is 2.31. The second kappa shape index (κ2) is 4.77. The molecule has 3 nitrogen and oxygen atoms in total. The van der Waals surface area contributed by atoms with Crippen molar-refractivity contribution < 1.29 is 9.53 Å². The van der Waals surface area contributed by atoms with Gasteiger partial charge in [-0.05, 0) is 36.2 Å². The van der Waals surface area contributed by atoms with E-state index >= 15 is 0 Å². The van der Waals surface area contributed by atoms with Crippen LogP contribution in [0.4, 0.5) is 0 Å². The van der Waals surface area contributed by atoms with Crippen molar-refractivity contribution in [1.29, 1.82) is 0 Å². The molecule has 0 aromatic heterocycles. The van der Waals surface area contributed by atoms with Gasteiger partial charge in [0.25, 0.3) is 0 Å². The maximum atomic E-state index is 10.3. The molecular formula is C9H11NO2S. The average molecular weight is 197 g/mol. The molecule has 0 bridgehead atoms. The highest BCUT2D eigenvalue weighted by Gasteiger charge is 1.98. The van der Waals surface area contributed by atoms with E-state index in [1.54, 1.807) is 14.2 Å². The van der Waals surface area contributed by atoms with Gasteiger partial charge >= 0.3 is 0 Å². The molecule has 1 aromatic rings. The Morgan fingerprint density at radius 2 is 2.00 bits per heavy atom. The van der Waals surface area contributed by atoms with Gasteiger partial charge in [-0.3, -0.25) is 9.10 Å². The molecule has 4 heteroatoms. The Bertz CT molecular complexity index is 273. The number of methoxy groups -OCH3 is 1. The van der Waals surface area contributed by atoms with Gasteiger partial charge in [-0.15, -0.1) is 0 Å². The highest BCUT2D eigenvalue weighted by atomic mass is 32.2. The number of benzene rings is 1. The minimum absolute atomic E-state index is 0.773. The van der Waals surface area contributed by atoms with Crippen LogP contribution in [-0.2, 0) is 4.79 Å². The van der Waals surface area contributed by atoms with Crippen LogP contribution in [0.2, 0.25) is 0 Å². The molecular weight excluding hydrogens is 186 g/mol. The van der Waals surface area contributed by atoms with Gasteiger partial charge in [0, 0.05) is 11.9 Å². The lowest BCUT2D eigenvalue weighted by molar-refractivity contribution is -0.113. The first-order valence-corrected chi connectivity index (χ1v) is 4.53. The van der Waals surface area contributed by atoms with Crippen LogP contribution >= 0.6 is 11.9 Å². The molecule has 0 aliphatic carbocycles. The van der Waals surface area contributed by atoms with Crippen molar-refractivity contribution in [3.05, 3.63) is 24.3 Å². The zero-order valence-corrected chi connectivity index (χ0v) is 8.38. The lowest BCUT2D eigenvalue weighted by Gasteiger charge is -2.08. The molecule has 0 heterocycles. The van der Waals surface area contributed by atoms with E-state index in [9.17, 15) is 4.79 Å². The summed E-state index contributed by atoms with van der Waals surface area (Å²) in [7, 11) is 3.33. The van der Waals surface area contributed by atoms with Crippen molar-refractivity contribution in [2.75, 3.05) is 14.2 Å². The third kappa shape index (κ3) is 2.99. The SMILES string of the molecule is COc1ccc(SN(C)C=O)cc1. The number of hydrogen-bond donors (Lipinski definition) is 0. The number of hydrogen-bond acceptors (Lipinski definition) is 3. The van der Waals surface area contributed by atoms with E-state index in [1.165, 1.54) is 16.3 Å². The molecule has 1 rings (SSSR count). The van der Waals surface area contributed by atoms with Crippen molar-refractivity contribution in [1.82, 2.24) is 4.31 Å². The molecule has 0 unspecified atom stereocenters. The van der Waals surface area contributed by atoms with Crippen LogP contribution < -0.4 is 4.74 Å². The predicted octanol–water partition coefficient (Wildman–Crippen LogP) is 1.79. The summed E-state index contributed by atoms with van der Waals surface area (Å²) >= 11 is 1.37. The Labute approximate surface area is 81.8 Å². The molecule has 0 saturated carbocycles. The topological polar surface area (TPSA) is 29.5 Å². The van der Waals surface area contributed by atoms with Gasteiger partial charge in [-0.2, -0.15) is 0 Å². The number of amides is 1. The molecule has 1 aromatic carbocycles. The molecule has 0 saturated heterocycles. The normalized spacial score (nSPS) is 9.38. The summed E-state index contributed by atoms with van der Waals surface area (Å²) < 4.78 is 6.51. The maximum absolute atomic E-state index is 10.3. The molecule has 0 radical (unpaired) electrons. The smallest absolute Gasteiger partial charge is 0.219 e. The Morgan fingerprint density at radius 1 is 1.38 bits per heavy atom. The molecule has 1 amide bonds. The fourth-order valence-electron chi connectivity index (χ4n) is 0.824. The lowest BCUT2D eigenvalue weighted by Crippen LogP contribution is -2.04. The van der Waals surface area contributed by atoms with Crippen molar-refractivity contribution in [3.8, 4) is 5.75 Å². The largest absolute Gasteiger partial charge is 0.497 e. The van der Waals surface area contributed by atoms with Crippen LogP contribution in [0.1, 0.15) is 0 Å². The first-order valence-electron chi connectivity index (χ1n) is 3.76. The number of carbonyl (C=O) groups excluding carboxylic acids is 1. The Hall–Kier alpha value is -1.16. The molecule has 0 atom stereocenters. The minimum atomic E-state index is 0.773. The standard InChI is InChI=1S/C9H11NO2S/c1-10(7-11)13-9-5-3-8(12-2)4-6-9/h3-7H,1-2H3. The monoisotopic (exact) mass is 197 g/mol. The van der Waals surface area contributed by atoms with Crippen LogP contribution in [0.3, 0.4) is 0 Å². The van der Waals surface area contributed by atoms with E-state index in [0.717, 1.165) is 17.1 Å². The first-order chi connectivity index (χ1) is 6.26. The van der Waals surface area contributed by atoms with Gasteiger partial charge in [0.05, 0.1) is 7.11 Å². The zero-order chi connectivity index (χ0) is 9.68. The molecule has 70 valence electrons. The van der Waals surface area contributed by atoms with Gasteiger partial charge in [-0.1, -0.05) is 0 Å². The van der Waals surface area contributed by atoms with Crippen LogP contribution in [-0.4, -0.2) is 24.9 Å². The van der Waals surface area contributed by atoms with Gasteiger partial charge in [-0.25, -0.2) is 0 Å². The van der Waals surface area contributed by atoms with E-state index in [-0.39, 0.29) is 0 Å². The first kappa shape index (κ1) is 9.92. The fourth-order valence-corrected chi connectivity index (χ4v) is 1.46. The Kier molecular flexibility index (Phi) is 3.64. The summed E-state index contributed by atoms with van der Waals surface area (Å²) in [6.45, 7) is 0. The van der Waals surface area contributed by atoms with Crippen molar-refractivity contribution >= 4 is 18.4 Å². The number of ether oxygens (including phenoxy) is 1. The number of nitrogens with zero attached hydrogens (tertiary/aromatic N) is 1. The highest BCUT2D eigenvalue weighted by Crippen LogP contribution is 2.22. The van der Waals surface area contributed by atoms with Crippen molar-refractivity contribution in [3.63, 3.8) is 0 Å². The van der Waals surface area contributed by atoms with Crippen molar-refractivity contribution in [2.24, 2.45) is 0 Å². The van der Waals surface area contributed by atoms with Crippen LogP contribution in [0, 0.1) is 0 Å². The van der Waals surface area contributed by atoms with E-state index in [1.807, 2.05) is 24.3 Å². The summed E-state index contributed by atoms with van der Waals surface area (Å²) in [6.07, 6.45) is 0.773. The van der Waals surface area contributed by atoms with Gasteiger partial charge in [0.15, 0.2) is 0 Å². The Morgan fingerprint density at radius 3 is 2.46 bits per heavy atom. The molecule has 0 spiro atoms. The van der Waals surface area contributed by atoms with Crippen LogP contribution in [0.5, 0.6) is 5.75 Å². The van der Waals surface area contributed by atoms with Gasteiger partial charge in [0.1, 0.15) is 5.75 Å². The Balaban J connectivity index is 2.63.